The highest BCUT2D eigenvalue weighted by Crippen LogP contribution is 2.35. The van der Waals surface area contributed by atoms with Crippen molar-refractivity contribution in [3.63, 3.8) is 0 Å². The van der Waals surface area contributed by atoms with Crippen LogP contribution in [0.2, 0.25) is 0 Å². The number of hydrogen-bond donors (Lipinski definition) is 0. The molecule has 1 heterocycles. The summed E-state index contributed by atoms with van der Waals surface area (Å²) in [6.07, 6.45) is 1.68. The summed E-state index contributed by atoms with van der Waals surface area (Å²) in [7, 11) is 0. The van der Waals surface area contributed by atoms with Gasteiger partial charge in [-0.2, -0.15) is 0 Å². The fraction of sp³-hybridized carbons (Fsp3) is 0.250. The highest BCUT2D eigenvalue weighted by molar-refractivity contribution is 6.29. The summed E-state index contributed by atoms with van der Waals surface area (Å²) in [5.41, 5.74) is 1.57. The van der Waals surface area contributed by atoms with Crippen LogP contribution in [0.25, 0.3) is 0 Å². The molecule has 2 aromatic rings. The summed E-state index contributed by atoms with van der Waals surface area (Å²) in [5.74, 6) is 1.67. The van der Waals surface area contributed by atoms with Crippen LogP contribution < -0.4 is 19.1 Å². The van der Waals surface area contributed by atoms with Crippen LogP contribution in [0.5, 0.6) is 17.2 Å². The average molecular weight is 374 g/mol. The van der Waals surface area contributed by atoms with E-state index in [-0.39, 0.29) is 11.8 Å². The summed E-state index contributed by atoms with van der Waals surface area (Å²) in [6.45, 7) is 5.39. The Morgan fingerprint density at radius 2 is 1.96 bits per heavy atom. The molecule has 0 aromatic heterocycles. The highest BCUT2D eigenvalue weighted by Gasteiger charge is 2.20. The lowest BCUT2D eigenvalue weighted by Crippen LogP contribution is -2.31. The van der Waals surface area contributed by atoms with E-state index in [9.17, 15) is 4.79 Å². The minimum Gasteiger partial charge on any atom is -0.489 e. The second-order valence-electron chi connectivity index (χ2n) is 5.65. The van der Waals surface area contributed by atoms with Gasteiger partial charge >= 0.3 is 0 Å². The molecule has 136 valence electrons. The Morgan fingerprint density at radius 3 is 2.73 bits per heavy atom. The van der Waals surface area contributed by atoms with Crippen molar-refractivity contribution < 1.29 is 19.0 Å². The van der Waals surface area contributed by atoms with E-state index >= 15 is 0 Å². The number of fused-ring (bicyclic) bond motifs is 1. The van der Waals surface area contributed by atoms with Crippen LogP contribution in [0.1, 0.15) is 5.56 Å². The quantitative estimate of drug-likeness (QED) is 0.547. The van der Waals surface area contributed by atoms with Gasteiger partial charge in [0, 0.05) is 17.3 Å². The predicted molar refractivity (Wildman–Crippen MR) is 101 cm³/mol. The molecule has 0 bridgehead atoms. The molecule has 0 unspecified atom stereocenters. The predicted octanol–water partition coefficient (Wildman–Crippen LogP) is 3.79. The van der Waals surface area contributed by atoms with E-state index in [1.165, 1.54) is 0 Å². The summed E-state index contributed by atoms with van der Waals surface area (Å²) < 4.78 is 16.9. The topological polar surface area (TPSA) is 48.0 Å². The van der Waals surface area contributed by atoms with E-state index in [2.05, 4.69) is 6.58 Å². The lowest BCUT2D eigenvalue weighted by molar-refractivity contribution is -0.116. The molecule has 1 aliphatic heterocycles. The molecule has 2 aromatic carbocycles. The molecule has 0 atom stereocenters. The Morgan fingerprint density at radius 1 is 1.19 bits per heavy atom. The van der Waals surface area contributed by atoms with Crippen molar-refractivity contribution >= 4 is 23.2 Å². The van der Waals surface area contributed by atoms with Crippen LogP contribution in [0.4, 0.5) is 5.69 Å². The first-order chi connectivity index (χ1) is 12.7. The van der Waals surface area contributed by atoms with Gasteiger partial charge in [0.05, 0.1) is 6.54 Å². The second-order valence-corrected chi connectivity index (χ2v) is 5.92. The summed E-state index contributed by atoms with van der Waals surface area (Å²) in [5, 5.41) is 0. The van der Waals surface area contributed by atoms with Crippen molar-refractivity contribution in [2.75, 3.05) is 30.6 Å². The lowest BCUT2D eigenvalue weighted by atomic mass is 10.1. The van der Waals surface area contributed by atoms with Crippen LogP contribution in [-0.4, -0.2) is 31.6 Å². The van der Waals surface area contributed by atoms with Crippen LogP contribution in [0.15, 0.2) is 55.1 Å². The molecule has 0 saturated heterocycles. The van der Waals surface area contributed by atoms with E-state index in [0.717, 1.165) is 5.56 Å². The fourth-order valence-electron chi connectivity index (χ4n) is 2.69. The van der Waals surface area contributed by atoms with Crippen molar-refractivity contribution in [2.45, 2.75) is 6.54 Å². The van der Waals surface area contributed by atoms with Gasteiger partial charge in [-0.3, -0.25) is 4.79 Å². The number of carbonyl (C=O) groups excluding carboxylic acids is 1. The minimum absolute atomic E-state index is 0.121. The van der Waals surface area contributed by atoms with Gasteiger partial charge in [0.15, 0.2) is 11.5 Å². The van der Waals surface area contributed by atoms with Gasteiger partial charge in [-0.25, -0.2) is 0 Å². The molecule has 1 aliphatic rings. The number of rotatable bonds is 7. The van der Waals surface area contributed by atoms with E-state index in [4.69, 9.17) is 25.8 Å². The number of ether oxygens (including phenoxy) is 3. The van der Waals surface area contributed by atoms with Crippen LogP contribution >= 0.6 is 11.6 Å². The van der Waals surface area contributed by atoms with Gasteiger partial charge in [0.2, 0.25) is 5.91 Å². The van der Waals surface area contributed by atoms with Crippen LogP contribution in [-0.2, 0) is 11.3 Å². The van der Waals surface area contributed by atoms with Crippen molar-refractivity contribution in [3.05, 3.63) is 60.7 Å². The minimum atomic E-state index is -0.207. The van der Waals surface area contributed by atoms with Gasteiger partial charge in [-0.1, -0.05) is 30.9 Å². The van der Waals surface area contributed by atoms with Crippen molar-refractivity contribution in [1.29, 1.82) is 0 Å². The highest BCUT2D eigenvalue weighted by atomic mass is 35.5. The first kappa shape index (κ1) is 18.1. The number of carbonyl (C=O) groups is 1. The smallest absolute Gasteiger partial charge is 0.242 e. The van der Waals surface area contributed by atoms with Crippen LogP contribution in [0, 0.1) is 0 Å². The summed E-state index contributed by atoms with van der Waals surface area (Å²) >= 11 is 5.84. The SMILES string of the molecule is C=CCOc1ccccc1CN(C(=O)CCl)c1ccc2c(c1)OCCO2. The maximum Gasteiger partial charge on any atom is 0.242 e. The normalized spacial score (nSPS) is 12.3. The molecule has 6 heteroatoms. The number of amides is 1. The van der Waals surface area contributed by atoms with Crippen molar-refractivity contribution in [2.24, 2.45) is 0 Å². The summed E-state index contributed by atoms with van der Waals surface area (Å²) in [4.78, 5) is 14.1. The van der Waals surface area contributed by atoms with Crippen LogP contribution in [0.3, 0.4) is 0 Å². The van der Waals surface area contributed by atoms with E-state index < -0.39 is 0 Å². The molecular formula is C20H20ClNO4. The number of para-hydroxylation sites is 1. The Kier molecular flexibility index (Phi) is 6.02. The number of halogens is 1. The first-order valence-corrected chi connectivity index (χ1v) is 8.84. The van der Waals surface area contributed by atoms with E-state index in [1.54, 1.807) is 23.1 Å². The van der Waals surface area contributed by atoms with Crippen molar-refractivity contribution in [1.82, 2.24) is 0 Å². The molecule has 0 radical (unpaired) electrons. The largest absolute Gasteiger partial charge is 0.489 e. The van der Waals surface area contributed by atoms with Gasteiger partial charge in [-0.05, 0) is 18.2 Å². The third kappa shape index (κ3) is 4.11. The number of alkyl halides is 1. The Labute approximate surface area is 157 Å². The van der Waals surface area contributed by atoms with E-state index in [0.29, 0.717) is 49.3 Å². The molecule has 1 amide bonds. The number of nitrogens with zero attached hydrogens (tertiary/aromatic N) is 1. The molecule has 0 N–H and O–H groups in total. The zero-order valence-electron chi connectivity index (χ0n) is 14.3. The third-order valence-corrected chi connectivity index (χ3v) is 4.14. The lowest BCUT2D eigenvalue weighted by Gasteiger charge is -2.25. The number of anilines is 1. The fourth-order valence-corrected chi connectivity index (χ4v) is 2.83. The Hall–Kier alpha value is -2.66. The maximum absolute atomic E-state index is 12.5. The first-order valence-electron chi connectivity index (χ1n) is 8.30. The number of benzene rings is 2. The molecule has 0 spiro atoms. The van der Waals surface area contributed by atoms with Gasteiger partial charge in [0.25, 0.3) is 0 Å². The Bertz CT molecular complexity index is 793. The zero-order valence-corrected chi connectivity index (χ0v) is 15.1. The van der Waals surface area contributed by atoms with Gasteiger partial charge in [0.1, 0.15) is 31.5 Å². The molecular weight excluding hydrogens is 354 g/mol. The average Bonchev–Trinajstić information content (AvgIpc) is 2.70. The molecule has 0 aliphatic carbocycles. The molecule has 26 heavy (non-hydrogen) atoms. The maximum atomic E-state index is 12.5. The van der Waals surface area contributed by atoms with E-state index in [1.807, 2.05) is 30.3 Å². The summed E-state index contributed by atoms with van der Waals surface area (Å²) in [6, 6.07) is 13.0. The molecule has 3 rings (SSSR count). The number of hydrogen-bond acceptors (Lipinski definition) is 4. The van der Waals surface area contributed by atoms with Crippen molar-refractivity contribution in [3.8, 4) is 17.2 Å². The molecule has 0 saturated carbocycles. The zero-order chi connectivity index (χ0) is 18.4. The second kappa shape index (κ2) is 8.63. The Balaban J connectivity index is 1.90. The molecule has 0 fully saturated rings. The molecule has 5 nitrogen and oxygen atoms in total. The monoisotopic (exact) mass is 373 g/mol. The standard InChI is InChI=1S/C20H20ClNO4/c1-2-9-24-17-6-4-3-5-15(17)14-22(20(23)13-21)16-7-8-18-19(12-16)26-11-10-25-18/h2-8,12H,1,9-11,13-14H2. The van der Waals surface area contributed by atoms with Gasteiger partial charge < -0.3 is 19.1 Å². The van der Waals surface area contributed by atoms with Gasteiger partial charge in [-0.15, -0.1) is 11.6 Å². The third-order valence-electron chi connectivity index (χ3n) is 3.91.